The van der Waals surface area contributed by atoms with E-state index in [0.29, 0.717) is 28.5 Å². The number of methoxy groups -OCH3 is 3. The Hall–Kier alpha value is -2.69. The van der Waals surface area contributed by atoms with Gasteiger partial charge in [0.1, 0.15) is 17.2 Å². The minimum atomic E-state index is -0.292. The molecule has 0 fully saturated rings. The third kappa shape index (κ3) is 3.14. The molecule has 0 aliphatic rings. The molecule has 2 rings (SSSR count). The Balaban J connectivity index is 2.36. The number of rotatable bonds is 5. The second-order valence-corrected chi connectivity index (χ2v) is 4.68. The van der Waals surface area contributed by atoms with Crippen LogP contribution in [0.4, 0.5) is 5.69 Å². The summed E-state index contributed by atoms with van der Waals surface area (Å²) in [6, 6.07) is 10.7. The first-order chi connectivity index (χ1) is 10.6. The van der Waals surface area contributed by atoms with E-state index < -0.39 is 0 Å². The standard InChI is InChI=1S/C17H19NO4/c1-11-9-16(22-4)12(10-15(11)21-3)17(19)18-13-7-5-6-8-14(13)20-2/h5-10H,1-4H3,(H,18,19). The van der Waals surface area contributed by atoms with E-state index in [1.807, 2.05) is 19.1 Å². The van der Waals surface area contributed by atoms with Gasteiger partial charge in [-0.1, -0.05) is 12.1 Å². The Morgan fingerprint density at radius 3 is 2.18 bits per heavy atom. The van der Waals surface area contributed by atoms with Gasteiger partial charge in [0, 0.05) is 0 Å². The molecular formula is C17H19NO4. The van der Waals surface area contributed by atoms with Crippen molar-refractivity contribution >= 4 is 11.6 Å². The number of hydrogen-bond acceptors (Lipinski definition) is 4. The van der Waals surface area contributed by atoms with Gasteiger partial charge in [-0.05, 0) is 36.8 Å². The first-order valence-corrected chi connectivity index (χ1v) is 6.77. The maximum atomic E-state index is 12.5. The molecule has 0 unspecified atom stereocenters. The SMILES string of the molecule is COc1cc(C(=O)Nc2ccccc2OC)c(OC)cc1C. The van der Waals surface area contributed by atoms with Gasteiger partial charge >= 0.3 is 0 Å². The second kappa shape index (κ2) is 6.85. The number of carbonyl (C=O) groups is 1. The zero-order valence-electron chi connectivity index (χ0n) is 13.1. The number of amides is 1. The van der Waals surface area contributed by atoms with Crippen LogP contribution < -0.4 is 19.5 Å². The van der Waals surface area contributed by atoms with Gasteiger partial charge in [0.05, 0.1) is 32.6 Å². The number of ether oxygens (including phenoxy) is 3. The lowest BCUT2D eigenvalue weighted by atomic mass is 10.1. The van der Waals surface area contributed by atoms with Crippen molar-refractivity contribution in [3.8, 4) is 17.2 Å². The summed E-state index contributed by atoms with van der Waals surface area (Å²) in [5, 5.41) is 2.82. The monoisotopic (exact) mass is 301 g/mol. The molecular weight excluding hydrogens is 282 g/mol. The fourth-order valence-electron chi connectivity index (χ4n) is 2.17. The Labute approximate surface area is 129 Å². The smallest absolute Gasteiger partial charge is 0.259 e. The van der Waals surface area contributed by atoms with Crippen molar-refractivity contribution in [2.75, 3.05) is 26.6 Å². The number of carbonyl (C=O) groups excluding carboxylic acids is 1. The van der Waals surface area contributed by atoms with E-state index in [-0.39, 0.29) is 5.91 Å². The third-order valence-electron chi connectivity index (χ3n) is 3.32. The number of para-hydroxylation sites is 2. The molecule has 0 radical (unpaired) electrons. The lowest BCUT2D eigenvalue weighted by Crippen LogP contribution is -2.14. The van der Waals surface area contributed by atoms with Crippen LogP contribution in [0.25, 0.3) is 0 Å². The number of aryl methyl sites for hydroxylation is 1. The predicted molar refractivity (Wildman–Crippen MR) is 85.2 cm³/mol. The molecule has 0 aliphatic heterocycles. The number of nitrogens with one attached hydrogen (secondary N) is 1. The quantitative estimate of drug-likeness (QED) is 0.921. The molecule has 116 valence electrons. The van der Waals surface area contributed by atoms with Crippen LogP contribution in [-0.2, 0) is 0 Å². The molecule has 0 saturated heterocycles. The summed E-state index contributed by atoms with van der Waals surface area (Å²) in [6.07, 6.45) is 0. The van der Waals surface area contributed by atoms with E-state index in [2.05, 4.69) is 5.32 Å². The van der Waals surface area contributed by atoms with Crippen molar-refractivity contribution in [2.24, 2.45) is 0 Å². The average Bonchev–Trinajstić information content (AvgIpc) is 2.54. The van der Waals surface area contributed by atoms with Gasteiger partial charge in [0.15, 0.2) is 0 Å². The number of anilines is 1. The first-order valence-electron chi connectivity index (χ1n) is 6.77. The lowest BCUT2D eigenvalue weighted by Gasteiger charge is -2.14. The summed E-state index contributed by atoms with van der Waals surface area (Å²) in [7, 11) is 4.65. The summed E-state index contributed by atoms with van der Waals surface area (Å²) in [4.78, 5) is 12.5. The topological polar surface area (TPSA) is 56.8 Å². The normalized spacial score (nSPS) is 10.0. The summed E-state index contributed by atoms with van der Waals surface area (Å²) >= 11 is 0. The molecule has 1 N–H and O–H groups in total. The fourth-order valence-corrected chi connectivity index (χ4v) is 2.17. The number of hydrogen-bond donors (Lipinski definition) is 1. The van der Waals surface area contributed by atoms with Crippen molar-refractivity contribution in [2.45, 2.75) is 6.92 Å². The van der Waals surface area contributed by atoms with Gasteiger partial charge < -0.3 is 19.5 Å². The minimum Gasteiger partial charge on any atom is -0.496 e. The van der Waals surface area contributed by atoms with Crippen LogP contribution in [0.2, 0.25) is 0 Å². The van der Waals surface area contributed by atoms with Crippen LogP contribution >= 0.6 is 0 Å². The van der Waals surface area contributed by atoms with E-state index in [1.165, 1.54) is 7.11 Å². The second-order valence-electron chi connectivity index (χ2n) is 4.68. The van der Waals surface area contributed by atoms with Crippen molar-refractivity contribution in [3.05, 3.63) is 47.5 Å². The molecule has 0 bridgehead atoms. The van der Waals surface area contributed by atoms with Crippen molar-refractivity contribution < 1.29 is 19.0 Å². The van der Waals surface area contributed by atoms with Crippen LogP contribution in [0, 0.1) is 6.92 Å². The molecule has 0 aromatic heterocycles. The molecule has 0 atom stereocenters. The van der Waals surface area contributed by atoms with Gasteiger partial charge in [-0.25, -0.2) is 0 Å². The highest BCUT2D eigenvalue weighted by Gasteiger charge is 2.17. The molecule has 2 aromatic carbocycles. The van der Waals surface area contributed by atoms with Crippen LogP contribution in [0.15, 0.2) is 36.4 Å². The Bertz CT molecular complexity index is 682. The highest BCUT2D eigenvalue weighted by atomic mass is 16.5. The van der Waals surface area contributed by atoms with Crippen LogP contribution in [0.5, 0.6) is 17.2 Å². The molecule has 22 heavy (non-hydrogen) atoms. The summed E-state index contributed by atoms with van der Waals surface area (Å²) in [6.45, 7) is 1.89. The molecule has 0 heterocycles. The molecule has 0 saturated carbocycles. The lowest BCUT2D eigenvalue weighted by molar-refractivity contribution is 0.102. The van der Waals surface area contributed by atoms with Crippen LogP contribution in [0.1, 0.15) is 15.9 Å². The van der Waals surface area contributed by atoms with E-state index in [0.717, 1.165) is 5.56 Å². The Morgan fingerprint density at radius 1 is 0.909 bits per heavy atom. The molecule has 0 aliphatic carbocycles. The van der Waals surface area contributed by atoms with E-state index in [9.17, 15) is 4.79 Å². The summed E-state index contributed by atoms with van der Waals surface area (Å²) in [5.74, 6) is 1.42. The molecule has 0 spiro atoms. The maximum Gasteiger partial charge on any atom is 0.259 e. The summed E-state index contributed by atoms with van der Waals surface area (Å²) in [5.41, 5.74) is 1.89. The maximum absolute atomic E-state index is 12.5. The molecule has 1 amide bonds. The zero-order chi connectivity index (χ0) is 16.1. The van der Waals surface area contributed by atoms with E-state index in [1.54, 1.807) is 38.5 Å². The summed E-state index contributed by atoms with van der Waals surface area (Å²) < 4.78 is 15.8. The van der Waals surface area contributed by atoms with Gasteiger partial charge in [-0.15, -0.1) is 0 Å². The Kier molecular flexibility index (Phi) is 4.88. The van der Waals surface area contributed by atoms with Crippen molar-refractivity contribution in [3.63, 3.8) is 0 Å². The average molecular weight is 301 g/mol. The van der Waals surface area contributed by atoms with Gasteiger partial charge in [0.25, 0.3) is 5.91 Å². The van der Waals surface area contributed by atoms with Crippen molar-refractivity contribution in [1.29, 1.82) is 0 Å². The largest absolute Gasteiger partial charge is 0.496 e. The van der Waals surface area contributed by atoms with E-state index >= 15 is 0 Å². The zero-order valence-corrected chi connectivity index (χ0v) is 13.1. The van der Waals surface area contributed by atoms with Gasteiger partial charge in [0.2, 0.25) is 0 Å². The third-order valence-corrected chi connectivity index (χ3v) is 3.32. The van der Waals surface area contributed by atoms with Crippen LogP contribution in [0.3, 0.4) is 0 Å². The molecule has 2 aromatic rings. The first kappa shape index (κ1) is 15.7. The Morgan fingerprint density at radius 2 is 1.55 bits per heavy atom. The van der Waals surface area contributed by atoms with E-state index in [4.69, 9.17) is 14.2 Å². The van der Waals surface area contributed by atoms with Crippen LogP contribution in [-0.4, -0.2) is 27.2 Å². The number of benzene rings is 2. The fraction of sp³-hybridized carbons (Fsp3) is 0.235. The highest BCUT2D eigenvalue weighted by molar-refractivity contribution is 6.07. The molecule has 5 nitrogen and oxygen atoms in total. The van der Waals surface area contributed by atoms with Gasteiger partial charge in [-0.3, -0.25) is 4.79 Å². The van der Waals surface area contributed by atoms with Crippen molar-refractivity contribution in [1.82, 2.24) is 0 Å². The minimum absolute atomic E-state index is 0.292. The van der Waals surface area contributed by atoms with Gasteiger partial charge in [-0.2, -0.15) is 0 Å². The predicted octanol–water partition coefficient (Wildman–Crippen LogP) is 3.27. The highest BCUT2D eigenvalue weighted by Crippen LogP contribution is 2.30. The molecule has 5 heteroatoms.